The van der Waals surface area contributed by atoms with Gasteiger partial charge >= 0.3 is 0 Å². The van der Waals surface area contributed by atoms with Crippen molar-refractivity contribution in [3.8, 4) is 39.6 Å². The molecule has 0 spiro atoms. The summed E-state index contributed by atoms with van der Waals surface area (Å²) in [6.07, 6.45) is 0. The average molecular weight is 730 g/mol. The molecule has 0 fully saturated rings. The van der Waals surface area contributed by atoms with E-state index in [-0.39, 0.29) is 0 Å². The van der Waals surface area contributed by atoms with Crippen LogP contribution in [-0.4, -0.2) is 14.5 Å². The van der Waals surface area contributed by atoms with E-state index in [9.17, 15) is 0 Å². The zero-order valence-corrected chi connectivity index (χ0v) is 31.0. The third kappa shape index (κ3) is 4.57. The third-order valence-electron chi connectivity index (χ3n) is 11.4. The van der Waals surface area contributed by atoms with E-state index in [1.165, 1.54) is 68.8 Å². The summed E-state index contributed by atoms with van der Waals surface area (Å²) in [6.45, 7) is 0. The van der Waals surface area contributed by atoms with Crippen molar-refractivity contribution in [2.24, 2.45) is 0 Å². The molecular formula is C52H31N3S. The highest BCUT2D eigenvalue weighted by molar-refractivity contribution is 7.26. The van der Waals surface area contributed by atoms with Crippen LogP contribution in [-0.2, 0) is 0 Å². The molecule has 260 valence electrons. The van der Waals surface area contributed by atoms with Crippen LogP contribution in [0.2, 0.25) is 0 Å². The smallest absolute Gasteiger partial charge is 0.235 e. The highest BCUT2D eigenvalue weighted by atomic mass is 32.1. The zero-order valence-electron chi connectivity index (χ0n) is 30.1. The molecule has 0 radical (unpaired) electrons. The molecule has 4 heteroatoms. The van der Waals surface area contributed by atoms with Crippen LogP contribution in [0.25, 0.3) is 114 Å². The van der Waals surface area contributed by atoms with Crippen molar-refractivity contribution >= 4 is 85.6 Å². The summed E-state index contributed by atoms with van der Waals surface area (Å²) in [5, 5.41) is 12.4. The Morgan fingerprint density at radius 3 is 1.64 bits per heavy atom. The summed E-state index contributed by atoms with van der Waals surface area (Å²) in [5.41, 5.74) is 8.43. The summed E-state index contributed by atoms with van der Waals surface area (Å²) < 4.78 is 4.94. The Balaban J connectivity index is 1.28. The van der Waals surface area contributed by atoms with Gasteiger partial charge in [0.05, 0.1) is 22.4 Å². The first kappa shape index (κ1) is 31.2. The molecule has 0 amide bonds. The van der Waals surface area contributed by atoms with E-state index in [1.807, 2.05) is 11.3 Å². The Morgan fingerprint density at radius 1 is 0.375 bits per heavy atom. The summed E-state index contributed by atoms with van der Waals surface area (Å²) in [5.74, 6) is 0.646. The van der Waals surface area contributed by atoms with Crippen LogP contribution in [0.5, 0.6) is 0 Å². The monoisotopic (exact) mass is 729 g/mol. The lowest BCUT2D eigenvalue weighted by atomic mass is 9.95. The number of aromatic nitrogens is 3. The fourth-order valence-corrected chi connectivity index (χ4v) is 10.2. The van der Waals surface area contributed by atoms with Gasteiger partial charge in [-0.3, -0.25) is 4.57 Å². The fraction of sp³-hybridized carbons (Fsp3) is 0. The van der Waals surface area contributed by atoms with Gasteiger partial charge in [0.25, 0.3) is 0 Å². The summed E-state index contributed by atoms with van der Waals surface area (Å²) >= 11 is 1.88. The predicted octanol–water partition coefficient (Wildman–Crippen LogP) is 14.4. The van der Waals surface area contributed by atoms with Gasteiger partial charge in [0.1, 0.15) is 0 Å². The van der Waals surface area contributed by atoms with Crippen LogP contribution < -0.4 is 0 Å². The van der Waals surface area contributed by atoms with Crippen LogP contribution in [0.1, 0.15) is 0 Å². The van der Waals surface area contributed by atoms with E-state index >= 15 is 0 Å². The van der Waals surface area contributed by atoms with Gasteiger partial charge in [-0.2, -0.15) is 0 Å². The second kappa shape index (κ2) is 12.2. The van der Waals surface area contributed by atoms with Crippen LogP contribution in [0.3, 0.4) is 0 Å². The number of hydrogen-bond donors (Lipinski definition) is 0. The Hall–Kier alpha value is -7.14. The maximum atomic E-state index is 5.48. The summed E-state index contributed by atoms with van der Waals surface area (Å²) in [7, 11) is 0. The van der Waals surface area contributed by atoms with Crippen molar-refractivity contribution in [1.29, 1.82) is 0 Å². The maximum absolute atomic E-state index is 5.48. The Morgan fingerprint density at radius 2 is 0.929 bits per heavy atom. The van der Waals surface area contributed by atoms with E-state index in [4.69, 9.17) is 9.97 Å². The maximum Gasteiger partial charge on any atom is 0.235 e. The van der Waals surface area contributed by atoms with E-state index in [0.29, 0.717) is 5.95 Å². The van der Waals surface area contributed by atoms with Crippen molar-refractivity contribution in [2.75, 3.05) is 0 Å². The summed E-state index contributed by atoms with van der Waals surface area (Å²) in [4.78, 5) is 11.0. The molecule has 0 atom stereocenters. The SMILES string of the molecule is c1ccc(-c2cc(-c3ccccc3)nc(-n3c4c(-c5cccc6c5sc5ccc7ccccc7c56)cccc4c4c5ccccc5c5ccccc5c43)n2)cc1. The number of thiophene rings is 1. The molecule has 0 saturated heterocycles. The van der Waals surface area contributed by atoms with Crippen LogP contribution in [0, 0.1) is 0 Å². The summed E-state index contributed by atoms with van der Waals surface area (Å²) in [6, 6.07) is 67.6. The molecule has 3 heterocycles. The second-order valence-corrected chi connectivity index (χ2v) is 15.5. The largest absolute Gasteiger partial charge is 0.277 e. The Kier molecular flexibility index (Phi) is 6.80. The molecule has 56 heavy (non-hydrogen) atoms. The molecule has 9 aromatic carbocycles. The van der Waals surface area contributed by atoms with E-state index in [2.05, 4.69) is 193 Å². The highest BCUT2D eigenvalue weighted by Crippen LogP contribution is 2.48. The predicted molar refractivity (Wildman–Crippen MR) is 238 cm³/mol. The van der Waals surface area contributed by atoms with Gasteiger partial charge in [-0.15, -0.1) is 11.3 Å². The van der Waals surface area contributed by atoms with Gasteiger partial charge in [-0.25, -0.2) is 9.97 Å². The lowest BCUT2D eigenvalue weighted by Crippen LogP contribution is -2.05. The minimum absolute atomic E-state index is 0.646. The van der Waals surface area contributed by atoms with Gasteiger partial charge in [0.2, 0.25) is 5.95 Å². The van der Waals surface area contributed by atoms with Gasteiger partial charge < -0.3 is 0 Å². The molecule has 3 aromatic heterocycles. The van der Waals surface area contributed by atoms with Gasteiger partial charge in [0, 0.05) is 58.6 Å². The van der Waals surface area contributed by atoms with Crippen LogP contribution >= 0.6 is 11.3 Å². The molecule has 0 N–H and O–H groups in total. The van der Waals surface area contributed by atoms with Crippen molar-refractivity contribution in [1.82, 2.24) is 14.5 Å². The molecular weight excluding hydrogens is 699 g/mol. The molecule has 12 rings (SSSR count). The van der Waals surface area contributed by atoms with Crippen molar-refractivity contribution in [3.05, 3.63) is 188 Å². The first-order valence-electron chi connectivity index (χ1n) is 19.0. The first-order chi connectivity index (χ1) is 27.8. The first-order valence-corrected chi connectivity index (χ1v) is 19.8. The van der Waals surface area contributed by atoms with E-state index in [0.717, 1.165) is 39.1 Å². The number of rotatable bonds is 4. The zero-order chi connectivity index (χ0) is 36.7. The normalized spacial score (nSPS) is 11.9. The minimum atomic E-state index is 0.646. The Bertz CT molecular complexity index is 3470. The molecule has 0 saturated carbocycles. The molecule has 0 aliphatic carbocycles. The molecule has 0 unspecified atom stereocenters. The lowest BCUT2D eigenvalue weighted by Gasteiger charge is -2.15. The van der Waals surface area contributed by atoms with Gasteiger partial charge in [-0.05, 0) is 39.1 Å². The molecule has 12 aromatic rings. The number of hydrogen-bond acceptors (Lipinski definition) is 3. The van der Waals surface area contributed by atoms with Gasteiger partial charge in [0.15, 0.2) is 0 Å². The Labute approximate surface area is 326 Å². The van der Waals surface area contributed by atoms with Gasteiger partial charge in [-0.1, -0.05) is 176 Å². The number of benzene rings is 9. The van der Waals surface area contributed by atoms with Crippen LogP contribution in [0.15, 0.2) is 188 Å². The average Bonchev–Trinajstić information content (AvgIpc) is 3.84. The van der Waals surface area contributed by atoms with E-state index in [1.54, 1.807) is 0 Å². The minimum Gasteiger partial charge on any atom is -0.277 e. The number of nitrogens with zero attached hydrogens (tertiary/aromatic N) is 3. The molecule has 3 nitrogen and oxygen atoms in total. The molecule has 0 bridgehead atoms. The highest BCUT2D eigenvalue weighted by Gasteiger charge is 2.25. The number of para-hydroxylation sites is 1. The fourth-order valence-electron chi connectivity index (χ4n) is 8.97. The number of fused-ring (bicyclic) bond motifs is 13. The van der Waals surface area contributed by atoms with Crippen LogP contribution in [0.4, 0.5) is 0 Å². The quantitative estimate of drug-likeness (QED) is 0.169. The molecule has 0 aliphatic heterocycles. The lowest BCUT2D eigenvalue weighted by molar-refractivity contribution is 0.999. The van der Waals surface area contributed by atoms with Crippen molar-refractivity contribution in [2.45, 2.75) is 0 Å². The van der Waals surface area contributed by atoms with Crippen molar-refractivity contribution in [3.63, 3.8) is 0 Å². The second-order valence-electron chi connectivity index (χ2n) is 14.5. The topological polar surface area (TPSA) is 30.7 Å². The standard InChI is InChI=1S/C52H31N3S/c1-3-16-33(17-4-1)44-31-45(34-18-5-2-6-19-34)54-52(53-44)55-49-40(41-26-14-28-43-47-35-20-8-7-15-32(35)29-30-46(47)56-51(41)43)25-13-27-42(49)48-38-23-11-9-21-36(38)37-22-10-12-24-39(37)50(48)55/h1-31H. The third-order valence-corrected chi connectivity index (χ3v) is 12.6. The van der Waals surface area contributed by atoms with Crippen molar-refractivity contribution < 1.29 is 0 Å². The molecule has 0 aliphatic rings. The van der Waals surface area contributed by atoms with E-state index < -0.39 is 0 Å².